The van der Waals surface area contributed by atoms with Crippen LogP contribution < -0.4 is 10.6 Å². The molecule has 1 aromatic rings. The second-order valence-electron chi connectivity index (χ2n) is 6.61. The number of ether oxygens (including phenoxy) is 1. The topological polar surface area (TPSA) is 50.4 Å². The third-order valence-electron chi connectivity index (χ3n) is 5.21. The van der Waals surface area contributed by atoms with Crippen LogP contribution in [-0.2, 0) is 14.9 Å². The highest BCUT2D eigenvalue weighted by atomic mass is 35.5. The monoisotopic (exact) mass is 336 g/mol. The number of benzene rings is 1. The number of carbonyl (C=O) groups excluding carboxylic acids is 1. The van der Waals surface area contributed by atoms with E-state index in [9.17, 15) is 4.79 Å². The zero-order chi connectivity index (χ0) is 16.1. The van der Waals surface area contributed by atoms with Crippen molar-refractivity contribution in [2.45, 2.75) is 31.1 Å². The predicted molar refractivity (Wildman–Crippen MR) is 91.8 cm³/mol. The van der Waals surface area contributed by atoms with E-state index in [1.54, 1.807) is 0 Å². The molecule has 0 bridgehead atoms. The number of nitrogens with one attached hydrogen (secondary N) is 2. The minimum absolute atomic E-state index is 0.112. The Bertz CT molecular complexity index is 538. The first kappa shape index (κ1) is 16.7. The summed E-state index contributed by atoms with van der Waals surface area (Å²) in [5, 5.41) is 7.29. The number of hydrogen-bond acceptors (Lipinski definition) is 3. The maximum Gasteiger partial charge on any atom is 0.223 e. The lowest BCUT2D eigenvalue weighted by molar-refractivity contribution is -0.126. The molecule has 0 saturated carbocycles. The average molecular weight is 337 g/mol. The molecule has 1 amide bonds. The lowest BCUT2D eigenvalue weighted by Crippen LogP contribution is -2.47. The Morgan fingerprint density at radius 1 is 1.26 bits per heavy atom. The van der Waals surface area contributed by atoms with Crippen molar-refractivity contribution in [3.8, 4) is 0 Å². The Morgan fingerprint density at radius 2 is 1.96 bits per heavy atom. The van der Waals surface area contributed by atoms with E-state index in [1.807, 2.05) is 18.2 Å². The number of amides is 1. The highest BCUT2D eigenvalue weighted by Gasteiger charge is 2.36. The summed E-state index contributed by atoms with van der Waals surface area (Å²) in [5.74, 6) is 0.323. The number of hydrogen-bond donors (Lipinski definition) is 2. The zero-order valence-corrected chi connectivity index (χ0v) is 14.2. The van der Waals surface area contributed by atoms with Gasteiger partial charge in [-0.3, -0.25) is 4.79 Å². The second-order valence-corrected chi connectivity index (χ2v) is 7.02. The van der Waals surface area contributed by atoms with Gasteiger partial charge in [-0.15, -0.1) is 0 Å². The van der Waals surface area contributed by atoms with Gasteiger partial charge in [-0.25, -0.2) is 0 Å². The minimum atomic E-state index is -0.112. The van der Waals surface area contributed by atoms with Crippen LogP contribution in [0.25, 0.3) is 0 Å². The van der Waals surface area contributed by atoms with Gasteiger partial charge in [0, 0.05) is 36.1 Å². The van der Waals surface area contributed by atoms with E-state index in [0.29, 0.717) is 19.8 Å². The van der Waals surface area contributed by atoms with Crippen molar-refractivity contribution in [3.05, 3.63) is 34.9 Å². The van der Waals surface area contributed by atoms with E-state index in [-0.39, 0.29) is 17.2 Å². The molecule has 23 heavy (non-hydrogen) atoms. The fourth-order valence-corrected chi connectivity index (χ4v) is 4.02. The highest BCUT2D eigenvalue weighted by Crippen LogP contribution is 2.38. The first-order valence-corrected chi connectivity index (χ1v) is 8.90. The van der Waals surface area contributed by atoms with Gasteiger partial charge in [0.25, 0.3) is 0 Å². The predicted octanol–water partition coefficient (Wildman–Crippen LogP) is 2.50. The van der Waals surface area contributed by atoms with E-state index in [1.165, 1.54) is 0 Å². The molecule has 1 aromatic carbocycles. The first-order valence-electron chi connectivity index (χ1n) is 8.52. The number of rotatable bonds is 4. The molecule has 126 valence electrons. The first-order chi connectivity index (χ1) is 11.2. The lowest BCUT2D eigenvalue weighted by atomic mass is 9.74. The molecule has 0 aromatic heterocycles. The van der Waals surface area contributed by atoms with E-state index < -0.39 is 0 Å². The van der Waals surface area contributed by atoms with Crippen LogP contribution in [0.5, 0.6) is 0 Å². The molecule has 0 spiro atoms. The quantitative estimate of drug-likeness (QED) is 0.888. The van der Waals surface area contributed by atoms with Crippen LogP contribution in [0.4, 0.5) is 0 Å². The van der Waals surface area contributed by atoms with Crippen molar-refractivity contribution >= 4 is 17.5 Å². The van der Waals surface area contributed by atoms with Crippen molar-refractivity contribution in [1.82, 2.24) is 10.6 Å². The molecule has 0 aliphatic carbocycles. The van der Waals surface area contributed by atoms with Crippen molar-refractivity contribution in [2.75, 3.05) is 32.8 Å². The van der Waals surface area contributed by atoms with Crippen molar-refractivity contribution in [3.63, 3.8) is 0 Å². The standard InChI is InChI=1S/C18H25ClN2O2/c19-16-4-2-1-3-15(16)18(7-11-23-12-8-18)13-21-17(22)14-5-9-20-10-6-14/h1-4,14,20H,5-13H2,(H,21,22). The Labute approximate surface area is 142 Å². The molecule has 0 atom stereocenters. The molecule has 3 rings (SSSR count). The lowest BCUT2D eigenvalue weighted by Gasteiger charge is -2.39. The minimum Gasteiger partial charge on any atom is -0.381 e. The van der Waals surface area contributed by atoms with E-state index in [0.717, 1.165) is 49.4 Å². The van der Waals surface area contributed by atoms with Crippen LogP contribution in [0.2, 0.25) is 5.02 Å². The van der Waals surface area contributed by atoms with Crippen LogP contribution in [0, 0.1) is 5.92 Å². The van der Waals surface area contributed by atoms with Gasteiger partial charge in [0.1, 0.15) is 0 Å². The Hall–Kier alpha value is -1.10. The fourth-order valence-electron chi connectivity index (χ4n) is 3.68. The van der Waals surface area contributed by atoms with Crippen molar-refractivity contribution in [1.29, 1.82) is 0 Å². The van der Waals surface area contributed by atoms with Crippen molar-refractivity contribution in [2.24, 2.45) is 5.92 Å². The summed E-state index contributed by atoms with van der Waals surface area (Å²) in [5.41, 5.74) is 1.02. The average Bonchev–Trinajstić information content (AvgIpc) is 2.61. The summed E-state index contributed by atoms with van der Waals surface area (Å²) >= 11 is 6.45. The molecule has 2 aliphatic heterocycles. The van der Waals surface area contributed by atoms with Gasteiger partial charge < -0.3 is 15.4 Å². The molecule has 2 heterocycles. The molecule has 5 heteroatoms. The molecular formula is C18H25ClN2O2. The zero-order valence-electron chi connectivity index (χ0n) is 13.4. The number of piperidine rings is 1. The van der Waals surface area contributed by atoms with Gasteiger partial charge in [-0.05, 0) is 50.4 Å². The van der Waals surface area contributed by atoms with Gasteiger partial charge >= 0.3 is 0 Å². The maximum atomic E-state index is 12.5. The maximum absolute atomic E-state index is 12.5. The summed E-state index contributed by atoms with van der Waals surface area (Å²) < 4.78 is 5.55. The summed E-state index contributed by atoms with van der Waals surface area (Å²) in [7, 11) is 0. The third-order valence-corrected chi connectivity index (χ3v) is 5.54. The number of carbonyl (C=O) groups is 1. The molecule has 2 N–H and O–H groups in total. The van der Waals surface area contributed by atoms with Gasteiger partial charge in [0.05, 0.1) is 0 Å². The molecule has 0 unspecified atom stereocenters. The SMILES string of the molecule is O=C(NCC1(c2ccccc2Cl)CCOCC1)C1CCNCC1. The van der Waals surface area contributed by atoms with E-state index >= 15 is 0 Å². The van der Waals surface area contributed by atoms with Gasteiger partial charge in [0.15, 0.2) is 0 Å². The van der Waals surface area contributed by atoms with Gasteiger partial charge in [0.2, 0.25) is 5.91 Å². The summed E-state index contributed by atoms with van der Waals surface area (Å²) in [6, 6.07) is 7.99. The molecule has 2 fully saturated rings. The molecule has 2 saturated heterocycles. The molecule has 0 radical (unpaired) electrons. The Morgan fingerprint density at radius 3 is 2.65 bits per heavy atom. The normalized spacial score (nSPS) is 21.8. The van der Waals surface area contributed by atoms with Crippen LogP contribution >= 0.6 is 11.6 Å². The van der Waals surface area contributed by atoms with Gasteiger partial charge in [-0.1, -0.05) is 29.8 Å². The smallest absolute Gasteiger partial charge is 0.223 e. The van der Waals surface area contributed by atoms with Crippen LogP contribution in [0.1, 0.15) is 31.2 Å². The summed E-state index contributed by atoms with van der Waals surface area (Å²) in [4.78, 5) is 12.5. The van der Waals surface area contributed by atoms with E-state index in [2.05, 4.69) is 16.7 Å². The van der Waals surface area contributed by atoms with Crippen molar-refractivity contribution < 1.29 is 9.53 Å². The third kappa shape index (κ3) is 3.87. The van der Waals surface area contributed by atoms with Crippen LogP contribution in [0.3, 0.4) is 0 Å². The largest absolute Gasteiger partial charge is 0.381 e. The van der Waals surface area contributed by atoms with Crippen LogP contribution in [0.15, 0.2) is 24.3 Å². The molecule has 2 aliphatic rings. The fraction of sp³-hybridized carbons (Fsp3) is 0.611. The van der Waals surface area contributed by atoms with E-state index in [4.69, 9.17) is 16.3 Å². The highest BCUT2D eigenvalue weighted by molar-refractivity contribution is 6.31. The molecular weight excluding hydrogens is 312 g/mol. The Balaban J connectivity index is 1.72. The second kappa shape index (κ2) is 7.65. The van der Waals surface area contributed by atoms with Crippen LogP contribution in [-0.4, -0.2) is 38.8 Å². The molecule has 4 nitrogen and oxygen atoms in total. The number of halogens is 1. The summed E-state index contributed by atoms with van der Waals surface area (Å²) in [6.45, 7) is 3.94. The Kier molecular flexibility index (Phi) is 5.57. The summed E-state index contributed by atoms with van der Waals surface area (Å²) in [6.07, 6.45) is 3.63. The van der Waals surface area contributed by atoms with Gasteiger partial charge in [-0.2, -0.15) is 0 Å².